The van der Waals surface area contributed by atoms with Crippen LogP contribution in [-0.4, -0.2) is 12.7 Å². The molecule has 0 saturated carbocycles. The maximum Gasteiger partial charge on any atom is 0.0825 e. The minimum atomic E-state index is 0.281. The van der Waals surface area contributed by atoms with Crippen molar-refractivity contribution in [3.63, 3.8) is 0 Å². The largest absolute Gasteiger partial charge is 0.374 e. The first kappa shape index (κ1) is 24.7. The topological polar surface area (TPSA) is 9.23 Å². The summed E-state index contributed by atoms with van der Waals surface area (Å²) in [5, 5.41) is 0. The van der Waals surface area contributed by atoms with E-state index in [0.717, 1.165) is 31.8 Å². The van der Waals surface area contributed by atoms with Crippen molar-refractivity contribution in [1.29, 1.82) is 0 Å². The van der Waals surface area contributed by atoms with Gasteiger partial charge < -0.3 is 4.74 Å². The molecule has 1 atom stereocenters. The van der Waals surface area contributed by atoms with Crippen molar-refractivity contribution in [2.75, 3.05) is 6.61 Å². The highest BCUT2D eigenvalue weighted by Gasteiger charge is 2.22. The van der Waals surface area contributed by atoms with Gasteiger partial charge in [0, 0.05) is 6.61 Å². The lowest BCUT2D eigenvalue weighted by molar-refractivity contribution is 0.0702. The maximum absolute atomic E-state index is 6.36. The third kappa shape index (κ3) is 9.73. The normalized spacial score (nSPS) is 18.3. The van der Waals surface area contributed by atoms with Crippen LogP contribution in [0.1, 0.15) is 92.9 Å². The summed E-state index contributed by atoms with van der Waals surface area (Å²) in [5.41, 5.74) is 7.00. The van der Waals surface area contributed by atoms with E-state index in [1.54, 1.807) is 5.57 Å². The van der Waals surface area contributed by atoms with Gasteiger partial charge in [-0.05, 0) is 70.8 Å². The second kappa shape index (κ2) is 13.8. The summed E-state index contributed by atoms with van der Waals surface area (Å²) < 4.78 is 6.36. The van der Waals surface area contributed by atoms with Crippen LogP contribution in [0.3, 0.4) is 0 Å². The minimum absolute atomic E-state index is 0.281. The van der Waals surface area contributed by atoms with Crippen molar-refractivity contribution in [3.8, 4) is 0 Å². The number of hydrogen-bond acceptors (Lipinski definition) is 1. The van der Waals surface area contributed by atoms with Crippen LogP contribution in [0.5, 0.6) is 0 Å². The van der Waals surface area contributed by atoms with E-state index in [1.165, 1.54) is 54.4 Å². The van der Waals surface area contributed by atoms with Crippen molar-refractivity contribution in [3.05, 3.63) is 58.7 Å². The molecule has 0 radical (unpaired) electrons. The number of ether oxygens (including phenoxy) is 1. The molecule has 0 amide bonds. The van der Waals surface area contributed by atoms with Gasteiger partial charge in [0.05, 0.1) is 6.10 Å². The molecular weight excluding hydrogens is 340 g/mol. The maximum atomic E-state index is 6.36. The van der Waals surface area contributed by atoms with E-state index in [4.69, 9.17) is 4.74 Å². The zero-order chi connectivity index (χ0) is 20.9. The molecule has 0 aromatic carbocycles. The summed E-state index contributed by atoms with van der Waals surface area (Å²) >= 11 is 0. The Labute approximate surface area is 175 Å². The van der Waals surface area contributed by atoms with E-state index in [9.17, 15) is 0 Å². The molecule has 0 spiro atoms. The minimum Gasteiger partial charge on any atom is -0.374 e. The van der Waals surface area contributed by atoms with Crippen LogP contribution in [-0.2, 0) is 4.74 Å². The van der Waals surface area contributed by atoms with Crippen LogP contribution in [0.2, 0.25) is 0 Å². The first-order valence-corrected chi connectivity index (χ1v) is 11.4. The molecule has 1 aliphatic rings. The molecule has 28 heavy (non-hydrogen) atoms. The number of unbranched alkanes of at least 4 members (excludes halogenated alkanes) is 2. The molecule has 0 saturated heterocycles. The smallest absolute Gasteiger partial charge is 0.0825 e. The molecule has 1 aliphatic carbocycles. The molecule has 0 aromatic rings. The summed E-state index contributed by atoms with van der Waals surface area (Å²) in [4.78, 5) is 0. The lowest BCUT2D eigenvalue weighted by Crippen LogP contribution is -2.22. The van der Waals surface area contributed by atoms with Crippen molar-refractivity contribution in [2.45, 2.75) is 99.0 Å². The van der Waals surface area contributed by atoms with E-state index < -0.39 is 0 Å². The monoisotopic (exact) mass is 384 g/mol. The van der Waals surface area contributed by atoms with E-state index in [-0.39, 0.29) is 6.10 Å². The van der Waals surface area contributed by atoms with Crippen molar-refractivity contribution in [1.82, 2.24) is 0 Å². The number of hydrogen-bond donors (Lipinski definition) is 0. The van der Waals surface area contributed by atoms with Gasteiger partial charge in [0.15, 0.2) is 0 Å². The SMILES string of the molecule is C=C(/C=C\C(C)=C/C)CCC1=C(C)C=C(CCC(C)C)[C@@H](OCCCCC)C1. The average molecular weight is 385 g/mol. The van der Waals surface area contributed by atoms with Gasteiger partial charge in [-0.25, -0.2) is 0 Å². The van der Waals surface area contributed by atoms with E-state index >= 15 is 0 Å². The van der Waals surface area contributed by atoms with Crippen LogP contribution in [0.25, 0.3) is 0 Å². The molecule has 1 heteroatoms. The Balaban J connectivity index is 2.74. The molecule has 0 aromatic heterocycles. The Morgan fingerprint density at radius 2 is 2.00 bits per heavy atom. The quantitative estimate of drug-likeness (QED) is 0.228. The lowest BCUT2D eigenvalue weighted by Gasteiger charge is -2.28. The van der Waals surface area contributed by atoms with Crippen LogP contribution < -0.4 is 0 Å². The summed E-state index contributed by atoms with van der Waals surface area (Å²) in [6, 6.07) is 0. The van der Waals surface area contributed by atoms with Gasteiger partial charge in [-0.15, -0.1) is 0 Å². The second-order valence-electron chi connectivity index (χ2n) is 8.73. The molecule has 1 nitrogen and oxygen atoms in total. The van der Waals surface area contributed by atoms with Crippen molar-refractivity contribution >= 4 is 0 Å². The number of rotatable bonds is 13. The fraction of sp³-hybridized carbons (Fsp3) is 0.630. The fourth-order valence-electron chi connectivity index (χ4n) is 3.46. The first-order valence-electron chi connectivity index (χ1n) is 11.4. The highest BCUT2D eigenvalue weighted by atomic mass is 16.5. The highest BCUT2D eigenvalue weighted by Crippen LogP contribution is 2.33. The summed E-state index contributed by atoms with van der Waals surface area (Å²) in [5.74, 6) is 0.739. The Bertz CT molecular complexity index is 598. The zero-order valence-electron chi connectivity index (χ0n) is 19.4. The molecule has 0 N–H and O–H groups in total. The van der Waals surface area contributed by atoms with Crippen LogP contribution in [0.4, 0.5) is 0 Å². The van der Waals surface area contributed by atoms with Gasteiger partial charge in [-0.1, -0.05) is 86.8 Å². The van der Waals surface area contributed by atoms with Crippen LogP contribution in [0, 0.1) is 5.92 Å². The Morgan fingerprint density at radius 3 is 2.64 bits per heavy atom. The Morgan fingerprint density at radius 1 is 1.25 bits per heavy atom. The third-order valence-electron chi connectivity index (χ3n) is 5.67. The Kier molecular flexibility index (Phi) is 12.1. The van der Waals surface area contributed by atoms with Crippen molar-refractivity contribution in [2.24, 2.45) is 5.92 Å². The molecule has 0 heterocycles. The van der Waals surface area contributed by atoms with Gasteiger partial charge in [-0.2, -0.15) is 0 Å². The van der Waals surface area contributed by atoms with Gasteiger partial charge in [-0.3, -0.25) is 0 Å². The predicted octanol–water partition coefficient (Wildman–Crippen LogP) is 8.50. The third-order valence-corrected chi connectivity index (χ3v) is 5.67. The molecule has 158 valence electrons. The van der Waals surface area contributed by atoms with Crippen LogP contribution in [0.15, 0.2) is 58.7 Å². The lowest BCUT2D eigenvalue weighted by atomic mass is 9.85. The van der Waals surface area contributed by atoms with E-state index in [1.807, 2.05) is 0 Å². The second-order valence-corrected chi connectivity index (χ2v) is 8.73. The molecule has 0 bridgehead atoms. The number of allylic oxidation sites excluding steroid dienone is 7. The summed E-state index contributed by atoms with van der Waals surface area (Å²) in [6.45, 7) is 18.5. The first-order chi connectivity index (χ1) is 13.4. The molecule has 0 unspecified atom stereocenters. The predicted molar refractivity (Wildman–Crippen MR) is 126 cm³/mol. The summed E-state index contributed by atoms with van der Waals surface area (Å²) in [6.07, 6.45) is 18.4. The zero-order valence-corrected chi connectivity index (χ0v) is 19.4. The highest BCUT2D eigenvalue weighted by molar-refractivity contribution is 5.36. The van der Waals surface area contributed by atoms with Crippen molar-refractivity contribution < 1.29 is 4.74 Å². The average Bonchev–Trinajstić information content (AvgIpc) is 2.67. The molecular formula is C27H44O. The van der Waals surface area contributed by atoms with Gasteiger partial charge in [0.2, 0.25) is 0 Å². The van der Waals surface area contributed by atoms with Gasteiger partial charge >= 0.3 is 0 Å². The molecule has 0 aliphatic heterocycles. The fourth-order valence-corrected chi connectivity index (χ4v) is 3.46. The van der Waals surface area contributed by atoms with Crippen LogP contribution >= 0.6 is 0 Å². The standard InChI is InChI=1S/C27H44O/c1-8-10-11-18-28-27-20-25(17-15-23(6)14-13-22(5)9-2)24(7)19-26(27)16-12-21(3)4/h9,13-14,19,21,27H,6,8,10-12,15-18,20H2,1-5,7H3/b14-13-,22-9-/t27-/m0/s1. The van der Waals surface area contributed by atoms with E-state index in [2.05, 4.69) is 72.4 Å². The molecule has 1 rings (SSSR count). The van der Waals surface area contributed by atoms with Gasteiger partial charge in [0.25, 0.3) is 0 Å². The van der Waals surface area contributed by atoms with E-state index in [0.29, 0.717) is 0 Å². The van der Waals surface area contributed by atoms with Gasteiger partial charge in [0.1, 0.15) is 0 Å². The Hall–Kier alpha value is -1.34. The molecule has 0 fully saturated rings. The summed E-state index contributed by atoms with van der Waals surface area (Å²) in [7, 11) is 0.